The summed E-state index contributed by atoms with van der Waals surface area (Å²) in [7, 11) is 0. The van der Waals surface area contributed by atoms with E-state index in [0.29, 0.717) is 0 Å². The molecule has 0 radical (unpaired) electrons. The number of hydrogen-bond acceptors (Lipinski definition) is 3. The third-order valence-corrected chi connectivity index (χ3v) is 2.80. The van der Waals surface area contributed by atoms with Crippen molar-refractivity contribution in [3.63, 3.8) is 0 Å². The van der Waals surface area contributed by atoms with Gasteiger partial charge in [-0.25, -0.2) is 0 Å². The maximum atomic E-state index is 9.89. The summed E-state index contributed by atoms with van der Waals surface area (Å²) in [4.78, 5) is 5.42. The molecule has 84 valence electrons. The van der Waals surface area contributed by atoms with Crippen molar-refractivity contribution < 1.29 is 5.11 Å². The first-order chi connectivity index (χ1) is 7.34. The van der Waals surface area contributed by atoms with Crippen LogP contribution in [0, 0.1) is 0 Å². The Bertz CT molecular complexity index is 267. The van der Waals surface area contributed by atoms with E-state index in [1.165, 1.54) is 0 Å². The van der Waals surface area contributed by atoms with E-state index in [1.54, 1.807) is 0 Å². The largest absolute Gasteiger partial charge is 0.391 e. The van der Waals surface area contributed by atoms with E-state index in [9.17, 15) is 5.11 Å². The van der Waals surface area contributed by atoms with E-state index in [-0.39, 0.29) is 6.10 Å². The molecule has 1 unspecified atom stereocenters. The van der Waals surface area contributed by atoms with E-state index < -0.39 is 0 Å². The predicted octanol–water partition coefficient (Wildman–Crippen LogP) is -0.177. The number of nitrogens with zero attached hydrogens (tertiary/aromatic N) is 1. The van der Waals surface area contributed by atoms with Crippen molar-refractivity contribution in [1.82, 2.24) is 15.2 Å². The molecule has 15 heavy (non-hydrogen) atoms. The number of hydrogen-bond donors (Lipinski definition) is 3. The molecule has 1 aromatic heterocycles. The summed E-state index contributed by atoms with van der Waals surface area (Å²) in [5, 5.41) is 13.2. The van der Waals surface area contributed by atoms with Crippen LogP contribution in [-0.2, 0) is 6.42 Å². The van der Waals surface area contributed by atoms with Crippen molar-refractivity contribution in [2.24, 2.45) is 0 Å². The molecule has 2 rings (SSSR count). The van der Waals surface area contributed by atoms with Gasteiger partial charge in [0.05, 0.1) is 6.10 Å². The lowest BCUT2D eigenvalue weighted by atomic mass is 10.2. The molecule has 1 atom stereocenters. The Hall–Kier alpha value is -0.840. The fourth-order valence-electron chi connectivity index (χ4n) is 2.00. The SMILES string of the molecule is OC(Cc1ccc[nH]1)CN1CCNCC1. The van der Waals surface area contributed by atoms with E-state index in [1.807, 2.05) is 18.3 Å². The first-order valence-corrected chi connectivity index (χ1v) is 5.58. The second-order valence-corrected chi connectivity index (χ2v) is 4.10. The van der Waals surface area contributed by atoms with Crippen LogP contribution in [0.4, 0.5) is 0 Å². The molecule has 1 aliphatic heterocycles. The van der Waals surface area contributed by atoms with Gasteiger partial charge < -0.3 is 15.4 Å². The smallest absolute Gasteiger partial charge is 0.0721 e. The average molecular weight is 209 g/mol. The van der Waals surface area contributed by atoms with E-state index in [4.69, 9.17) is 0 Å². The van der Waals surface area contributed by atoms with E-state index >= 15 is 0 Å². The Kier molecular flexibility index (Phi) is 3.77. The van der Waals surface area contributed by atoms with Gasteiger partial charge in [0.25, 0.3) is 0 Å². The number of aromatic nitrogens is 1. The van der Waals surface area contributed by atoms with Gasteiger partial charge in [-0.2, -0.15) is 0 Å². The number of H-pyrrole nitrogens is 1. The number of piperazine rings is 1. The number of aromatic amines is 1. The Morgan fingerprint density at radius 3 is 2.87 bits per heavy atom. The third-order valence-electron chi connectivity index (χ3n) is 2.80. The van der Waals surface area contributed by atoms with Crippen LogP contribution in [0.2, 0.25) is 0 Å². The molecule has 0 aromatic carbocycles. The molecule has 3 N–H and O–H groups in total. The van der Waals surface area contributed by atoms with E-state index in [2.05, 4.69) is 15.2 Å². The van der Waals surface area contributed by atoms with Gasteiger partial charge >= 0.3 is 0 Å². The molecular formula is C11H19N3O. The van der Waals surface area contributed by atoms with Crippen molar-refractivity contribution in [3.8, 4) is 0 Å². The minimum atomic E-state index is -0.262. The van der Waals surface area contributed by atoms with Crippen molar-refractivity contribution >= 4 is 0 Å². The summed E-state index contributed by atoms with van der Waals surface area (Å²) in [6.07, 6.45) is 2.35. The number of aliphatic hydroxyl groups is 1. The standard InChI is InChI=1S/C11H19N3O/c15-11(8-10-2-1-3-13-10)9-14-6-4-12-5-7-14/h1-3,11-13,15H,4-9H2. The van der Waals surface area contributed by atoms with Gasteiger partial charge in [-0.1, -0.05) is 0 Å². The number of β-amino-alcohol motifs (C(OH)–C–C–N with tert-alkyl or cyclic N) is 1. The first-order valence-electron chi connectivity index (χ1n) is 5.58. The highest BCUT2D eigenvalue weighted by Crippen LogP contribution is 2.03. The van der Waals surface area contributed by atoms with Crippen LogP contribution in [0.15, 0.2) is 18.3 Å². The molecule has 4 nitrogen and oxygen atoms in total. The molecule has 0 aliphatic carbocycles. The monoisotopic (exact) mass is 209 g/mol. The highest BCUT2D eigenvalue weighted by molar-refractivity contribution is 5.04. The molecule has 0 saturated carbocycles. The summed E-state index contributed by atoms with van der Waals surface area (Å²) < 4.78 is 0. The number of rotatable bonds is 4. The lowest BCUT2D eigenvalue weighted by Gasteiger charge is -2.28. The third kappa shape index (κ3) is 3.34. The molecule has 0 spiro atoms. The van der Waals surface area contributed by atoms with Crippen LogP contribution in [0.3, 0.4) is 0 Å². The molecule has 0 bridgehead atoms. The molecule has 1 aliphatic rings. The molecule has 2 heterocycles. The van der Waals surface area contributed by atoms with Crippen molar-refractivity contribution in [1.29, 1.82) is 0 Å². The van der Waals surface area contributed by atoms with Gasteiger partial charge in [0.1, 0.15) is 0 Å². The van der Waals surface area contributed by atoms with Crippen LogP contribution >= 0.6 is 0 Å². The summed E-state index contributed by atoms with van der Waals surface area (Å²) in [5.41, 5.74) is 1.11. The Morgan fingerprint density at radius 2 is 2.20 bits per heavy atom. The predicted molar refractivity (Wildman–Crippen MR) is 59.8 cm³/mol. The molecule has 0 amide bonds. The molecule has 4 heteroatoms. The van der Waals surface area contributed by atoms with Crippen molar-refractivity contribution in [3.05, 3.63) is 24.0 Å². The van der Waals surface area contributed by atoms with Gasteiger partial charge in [0.2, 0.25) is 0 Å². The van der Waals surface area contributed by atoms with Crippen molar-refractivity contribution in [2.75, 3.05) is 32.7 Å². The maximum absolute atomic E-state index is 9.89. The highest BCUT2D eigenvalue weighted by Gasteiger charge is 2.14. The fourth-order valence-corrected chi connectivity index (χ4v) is 2.00. The average Bonchev–Trinajstić information content (AvgIpc) is 2.71. The van der Waals surface area contributed by atoms with Gasteiger partial charge in [0, 0.05) is 51.0 Å². The molecular weight excluding hydrogens is 190 g/mol. The second kappa shape index (κ2) is 5.30. The fraction of sp³-hybridized carbons (Fsp3) is 0.636. The molecule has 1 aromatic rings. The van der Waals surface area contributed by atoms with Crippen LogP contribution < -0.4 is 5.32 Å². The molecule has 1 saturated heterocycles. The Morgan fingerprint density at radius 1 is 1.40 bits per heavy atom. The van der Waals surface area contributed by atoms with Gasteiger partial charge in [-0.05, 0) is 12.1 Å². The minimum absolute atomic E-state index is 0.262. The lowest BCUT2D eigenvalue weighted by molar-refractivity contribution is 0.105. The highest BCUT2D eigenvalue weighted by atomic mass is 16.3. The quantitative estimate of drug-likeness (QED) is 0.645. The van der Waals surface area contributed by atoms with Gasteiger partial charge in [-0.3, -0.25) is 4.90 Å². The zero-order chi connectivity index (χ0) is 10.5. The lowest BCUT2D eigenvalue weighted by Crippen LogP contribution is -2.46. The summed E-state index contributed by atoms with van der Waals surface area (Å²) in [5.74, 6) is 0. The van der Waals surface area contributed by atoms with Gasteiger partial charge in [-0.15, -0.1) is 0 Å². The minimum Gasteiger partial charge on any atom is -0.391 e. The second-order valence-electron chi connectivity index (χ2n) is 4.10. The summed E-state index contributed by atoms with van der Waals surface area (Å²) in [6.45, 7) is 4.94. The van der Waals surface area contributed by atoms with Gasteiger partial charge in [0.15, 0.2) is 0 Å². The zero-order valence-electron chi connectivity index (χ0n) is 8.95. The van der Waals surface area contributed by atoms with Crippen LogP contribution in [0.25, 0.3) is 0 Å². The normalized spacial score (nSPS) is 20.3. The van der Waals surface area contributed by atoms with E-state index in [0.717, 1.165) is 44.8 Å². The first kappa shape index (κ1) is 10.7. The number of nitrogens with one attached hydrogen (secondary N) is 2. The van der Waals surface area contributed by atoms with Crippen molar-refractivity contribution in [2.45, 2.75) is 12.5 Å². The summed E-state index contributed by atoms with van der Waals surface area (Å²) in [6, 6.07) is 3.98. The van der Waals surface area contributed by atoms with Crippen LogP contribution in [-0.4, -0.2) is 53.8 Å². The maximum Gasteiger partial charge on any atom is 0.0721 e. The number of aliphatic hydroxyl groups excluding tert-OH is 1. The Labute approximate surface area is 90.3 Å². The zero-order valence-corrected chi connectivity index (χ0v) is 8.95. The molecule has 1 fully saturated rings. The van der Waals surface area contributed by atoms with Crippen LogP contribution in [0.5, 0.6) is 0 Å². The topological polar surface area (TPSA) is 51.3 Å². The summed E-state index contributed by atoms with van der Waals surface area (Å²) >= 11 is 0. The Balaban J connectivity index is 1.74. The van der Waals surface area contributed by atoms with Crippen LogP contribution in [0.1, 0.15) is 5.69 Å².